The summed E-state index contributed by atoms with van der Waals surface area (Å²) in [5.74, 6) is 0.794. The monoisotopic (exact) mass is 274 g/mol. The molecule has 1 fully saturated rings. The van der Waals surface area contributed by atoms with Crippen LogP contribution in [0.1, 0.15) is 54.5 Å². The quantitative estimate of drug-likeness (QED) is 0.906. The number of rotatable bonds is 4. The van der Waals surface area contributed by atoms with Gasteiger partial charge in [-0.1, -0.05) is 17.7 Å². The van der Waals surface area contributed by atoms with Crippen LogP contribution in [0.2, 0.25) is 0 Å². The molecule has 1 aliphatic rings. The molecule has 2 heteroatoms. The van der Waals surface area contributed by atoms with Crippen molar-refractivity contribution in [2.75, 3.05) is 19.6 Å². The molecule has 1 saturated heterocycles. The van der Waals surface area contributed by atoms with E-state index >= 15 is 0 Å². The Kier molecular flexibility index (Phi) is 5.22. The molecule has 20 heavy (non-hydrogen) atoms. The zero-order chi connectivity index (χ0) is 14.7. The second-order valence-electron chi connectivity index (χ2n) is 6.57. The van der Waals surface area contributed by atoms with Crippen molar-refractivity contribution < 1.29 is 0 Å². The van der Waals surface area contributed by atoms with Gasteiger partial charge in [0.15, 0.2) is 0 Å². The van der Waals surface area contributed by atoms with Crippen LogP contribution in [-0.4, -0.2) is 24.5 Å². The standard InChI is InChI=1S/C18H30N2/c1-13-10-14(2)18(15(3)11-13)16(4)20-9-5-6-17(12-20)7-8-19/h10-11,16-17H,5-9,12,19H2,1-4H3. The molecule has 0 saturated carbocycles. The molecule has 0 aromatic heterocycles. The van der Waals surface area contributed by atoms with Crippen LogP contribution in [-0.2, 0) is 0 Å². The van der Waals surface area contributed by atoms with Crippen LogP contribution in [0.3, 0.4) is 0 Å². The molecule has 1 aliphatic heterocycles. The van der Waals surface area contributed by atoms with Gasteiger partial charge < -0.3 is 5.73 Å². The van der Waals surface area contributed by atoms with E-state index in [1.165, 1.54) is 54.6 Å². The maximum atomic E-state index is 5.74. The van der Waals surface area contributed by atoms with Crippen molar-refractivity contribution in [3.8, 4) is 0 Å². The van der Waals surface area contributed by atoms with E-state index < -0.39 is 0 Å². The Morgan fingerprint density at radius 3 is 2.50 bits per heavy atom. The predicted octanol–water partition coefficient (Wildman–Crippen LogP) is 3.73. The summed E-state index contributed by atoms with van der Waals surface area (Å²) in [7, 11) is 0. The molecule has 112 valence electrons. The van der Waals surface area contributed by atoms with Crippen LogP contribution in [0.4, 0.5) is 0 Å². The summed E-state index contributed by atoms with van der Waals surface area (Å²) in [5, 5.41) is 0. The third-order valence-electron chi connectivity index (χ3n) is 4.83. The van der Waals surface area contributed by atoms with Gasteiger partial charge in [0.1, 0.15) is 0 Å². The van der Waals surface area contributed by atoms with Crippen LogP contribution < -0.4 is 5.73 Å². The van der Waals surface area contributed by atoms with Crippen molar-refractivity contribution in [1.82, 2.24) is 4.90 Å². The van der Waals surface area contributed by atoms with E-state index in [4.69, 9.17) is 5.73 Å². The summed E-state index contributed by atoms with van der Waals surface area (Å²) >= 11 is 0. The van der Waals surface area contributed by atoms with Crippen LogP contribution in [0.5, 0.6) is 0 Å². The van der Waals surface area contributed by atoms with E-state index in [9.17, 15) is 0 Å². The molecule has 2 nitrogen and oxygen atoms in total. The number of hydrogen-bond acceptors (Lipinski definition) is 2. The number of nitrogens with zero attached hydrogens (tertiary/aromatic N) is 1. The van der Waals surface area contributed by atoms with Gasteiger partial charge in [-0.15, -0.1) is 0 Å². The zero-order valence-corrected chi connectivity index (χ0v) is 13.6. The van der Waals surface area contributed by atoms with Gasteiger partial charge in [0.05, 0.1) is 0 Å². The Bertz CT molecular complexity index is 428. The summed E-state index contributed by atoms with van der Waals surface area (Å²) in [6, 6.07) is 5.16. The molecule has 2 atom stereocenters. The molecule has 0 radical (unpaired) electrons. The number of likely N-dealkylation sites (tertiary alicyclic amines) is 1. The number of hydrogen-bond donors (Lipinski definition) is 1. The SMILES string of the molecule is Cc1cc(C)c(C(C)N2CCCC(CCN)C2)c(C)c1. The summed E-state index contributed by atoms with van der Waals surface area (Å²) in [6.45, 7) is 12.3. The van der Waals surface area contributed by atoms with E-state index in [-0.39, 0.29) is 0 Å². The number of aryl methyl sites for hydroxylation is 3. The van der Waals surface area contributed by atoms with Gasteiger partial charge in [-0.05, 0) is 82.7 Å². The van der Waals surface area contributed by atoms with E-state index in [2.05, 4.69) is 44.7 Å². The smallest absolute Gasteiger partial charge is 0.0325 e. The number of nitrogens with two attached hydrogens (primary N) is 1. The molecule has 0 aliphatic carbocycles. The molecule has 0 spiro atoms. The fourth-order valence-electron chi connectivity index (χ4n) is 3.95. The van der Waals surface area contributed by atoms with Gasteiger partial charge >= 0.3 is 0 Å². The van der Waals surface area contributed by atoms with Crippen molar-refractivity contribution in [3.05, 3.63) is 34.4 Å². The lowest BCUT2D eigenvalue weighted by atomic mass is 9.90. The molecule has 2 rings (SSSR count). The molecule has 2 unspecified atom stereocenters. The average molecular weight is 274 g/mol. The van der Waals surface area contributed by atoms with Crippen molar-refractivity contribution in [1.29, 1.82) is 0 Å². The first kappa shape index (κ1) is 15.5. The second kappa shape index (κ2) is 6.73. The second-order valence-corrected chi connectivity index (χ2v) is 6.57. The summed E-state index contributed by atoms with van der Waals surface area (Å²) in [4.78, 5) is 2.66. The highest BCUT2D eigenvalue weighted by molar-refractivity contribution is 5.39. The van der Waals surface area contributed by atoms with Gasteiger partial charge in [-0.2, -0.15) is 0 Å². The Balaban J connectivity index is 2.16. The van der Waals surface area contributed by atoms with Crippen molar-refractivity contribution >= 4 is 0 Å². The number of benzene rings is 1. The molecule has 0 bridgehead atoms. The van der Waals surface area contributed by atoms with E-state index in [0.29, 0.717) is 6.04 Å². The van der Waals surface area contributed by atoms with Gasteiger partial charge in [0.2, 0.25) is 0 Å². The summed E-state index contributed by atoms with van der Waals surface area (Å²) < 4.78 is 0. The minimum Gasteiger partial charge on any atom is -0.330 e. The van der Waals surface area contributed by atoms with Gasteiger partial charge in [-0.25, -0.2) is 0 Å². The lowest BCUT2D eigenvalue weighted by Gasteiger charge is -2.38. The van der Waals surface area contributed by atoms with Crippen LogP contribution in [0.15, 0.2) is 12.1 Å². The number of piperidine rings is 1. The summed E-state index contributed by atoms with van der Waals surface area (Å²) in [6.07, 6.45) is 3.85. The van der Waals surface area contributed by atoms with Crippen molar-refractivity contribution in [2.45, 2.75) is 53.0 Å². The molecule has 1 heterocycles. The van der Waals surface area contributed by atoms with Crippen molar-refractivity contribution in [3.63, 3.8) is 0 Å². The normalized spacial score (nSPS) is 21.9. The first-order valence-electron chi connectivity index (χ1n) is 8.04. The molecule has 2 N–H and O–H groups in total. The lowest BCUT2D eigenvalue weighted by molar-refractivity contribution is 0.127. The van der Waals surface area contributed by atoms with Gasteiger partial charge in [0.25, 0.3) is 0 Å². The van der Waals surface area contributed by atoms with Crippen LogP contribution in [0.25, 0.3) is 0 Å². The third kappa shape index (κ3) is 3.42. The summed E-state index contributed by atoms with van der Waals surface area (Å²) in [5.41, 5.74) is 11.5. The van der Waals surface area contributed by atoms with Crippen molar-refractivity contribution in [2.24, 2.45) is 11.7 Å². The topological polar surface area (TPSA) is 29.3 Å². The van der Waals surface area contributed by atoms with Crippen LogP contribution >= 0.6 is 0 Å². The lowest BCUT2D eigenvalue weighted by Crippen LogP contribution is -2.38. The zero-order valence-electron chi connectivity index (χ0n) is 13.6. The fraction of sp³-hybridized carbons (Fsp3) is 0.667. The highest BCUT2D eigenvalue weighted by Gasteiger charge is 2.25. The highest BCUT2D eigenvalue weighted by atomic mass is 15.2. The van der Waals surface area contributed by atoms with E-state index in [0.717, 1.165) is 12.5 Å². The maximum Gasteiger partial charge on any atom is 0.0325 e. The largest absolute Gasteiger partial charge is 0.330 e. The minimum absolute atomic E-state index is 0.524. The Morgan fingerprint density at radius 2 is 1.90 bits per heavy atom. The maximum absolute atomic E-state index is 5.74. The average Bonchev–Trinajstić information content (AvgIpc) is 2.38. The van der Waals surface area contributed by atoms with Gasteiger partial charge in [0, 0.05) is 12.6 Å². The van der Waals surface area contributed by atoms with Gasteiger partial charge in [-0.3, -0.25) is 4.90 Å². The fourth-order valence-corrected chi connectivity index (χ4v) is 3.95. The predicted molar refractivity (Wildman–Crippen MR) is 87.0 cm³/mol. The highest BCUT2D eigenvalue weighted by Crippen LogP contribution is 2.31. The third-order valence-corrected chi connectivity index (χ3v) is 4.83. The Labute approximate surface area is 124 Å². The molecular weight excluding hydrogens is 244 g/mol. The first-order chi connectivity index (χ1) is 9.52. The Hall–Kier alpha value is -0.860. The van der Waals surface area contributed by atoms with E-state index in [1.807, 2.05) is 0 Å². The minimum atomic E-state index is 0.524. The van der Waals surface area contributed by atoms with E-state index in [1.54, 1.807) is 0 Å². The first-order valence-corrected chi connectivity index (χ1v) is 8.04. The molecule has 1 aromatic carbocycles. The molecular formula is C18H30N2. The van der Waals surface area contributed by atoms with Crippen LogP contribution in [0, 0.1) is 26.7 Å². The molecule has 0 amide bonds. The molecule has 1 aromatic rings. The Morgan fingerprint density at radius 1 is 1.25 bits per heavy atom.